The Hall–Kier alpha value is -2.96. The molecule has 106 valence electrons. The van der Waals surface area contributed by atoms with Gasteiger partial charge in [-0.3, -0.25) is 14.9 Å². The van der Waals surface area contributed by atoms with Crippen molar-refractivity contribution in [3.8, 4) is 0 Å². The fourth-order valence-corrected chi connectivity index (χ4v) is 2.23. The van der Waals surface area contributed by atoms with Crippen molar-refractivity contribution in [3.63, 3.8) is 0 Å². The first-order valence-corrected chi connectivity index (χ1v) is 6.34. The molecule has 1 aromatic carbocycles. The third-order valence-corrected chi connectivity index (χ3v) is 3.19. The summed E-state index contributed by atoms with van der Waals surface area (Å²) in [6.45, 7) is 1.75. The molecule has 0 fully saturated rings. The summed E-state index contributed by atoms with van der Waals surface area (Å²) in [6.07, 6.45) is 1.88. The molecule has 3 rings (SSSR count). The fraction of sp³-hybridized carbons (Fsp3) is 0.143. The van der Waals surface area contributed by atoms with E-state index in [1.807, 2.05) is 0 Å². The van der Waals surface area contributed by atoms with Crippen molar-refractivity contribution < 1.29 is 9.72 Å². The fourth-order valence-electron chi connectivity index (χ4n) is 2.23. The predicted octanol–water partition coefficient (Wildman–Crippen LogP) is 2.54. The summed E-state index contributed by atoms with van der Waals surface area (Å²) in [7, 11) is 0. The van der Waals surface area contributed by atoms with Crippen LogP contribution >= 0.6 is 0 Å². The van der Waals surface area contributed by atoms with Gasteiger partial charge >= 0.3 is 5.69 Å². The van der Waals surface area contributed by atoms with Crippen LogP contribution in [0.5, 0.6) is 0 Å². The molecule has 2 aromatic rings. The lowest BCUT2D eigenvalue weighted by Crippen LogP contribution is -2.03. The first-order chi connectivity index (χ1) is 10.0. The van der Waals surface area contributed by atoms with E-state index in [2.05, 4.69) is 15.6 Å². The van der Waals surface area contributed by atoms with Gasteiger partial charge in [0, 0.05) is 23.6 Å². The van der Waals surface area contributed by atoms with Crippen molar-refractivity contribution >= 4 is 28.8 Å². The average Bonchev–Trinajstić information content (AvgIpc) is 2.80. The summed E-state index contributed by atoms with van der Waals surface area (Å²) < 4.78 is 0. The van der Waals surface area contributed by atoms with E-state index in [4.69, 9.17) is 0 Å². The average molecular weight is 284 g/mol. The molecule has 1 aliphatic rings. The molecule has 2 N–H and O–H groups in total. The first kappa shape index (κ1) is 13.0. The minimum Gasteiger partial charge on any atom is -0.334 e. The van der Waals surface area contributed by atoms with Crippen LogP contribution in [0.3, 0.4) is 0 Å². The highest BCUT2D eigenvalue weighted by Crippen LogP contribution is 2.30. The van der Waals surface area contributed by atoms with Crippen LogP contribution in [-0.2, 0) is 11.2 Å². The van der Waals surface area contributed by atoms with E-state index in [0.29, 0.717) is 12.1 Å². The second-order valence-electron chi connectivity index (χ2n) is 4.86. The Kier molecular flexibility index (Phi) is 3.02. The summed E-state index contributed by atoms with van der Waals surface area (Å²) in [6, 6.07) is 6.77. The van der Waals surface area contributed by atoms with Crippen molar-refractivity contribution in [2.75, 3.05) is 10.6 Å². The summed E-state index contributed by atoms with van der Waals surface area (Å²) >= 11 is 0. The van der Waals surface area contributed by atoms with Crippen molar-refractivity contribution in [1.82, 2.24) is 4.98 Å². The number of carbonyl (C=O) groups is 1. The molecular formula is C14H12N4O3. The smallest absolute Gasteiger partial charge is 0.311 e. The Morgan fingerprint density at radius 2 is 2.19 bits per heavy atom. The number of anilines is 3. The van der Waals surface area contributed by atoms with E-state index in [1.54, 1.807) is 31.3 Å². The van der Waals surface area contributed by atoms with Gasteiger partial charge in [0.05, 0.1) is 11.3 Å². The van der Waals surface area contributed by atoms with Crippen molar-refractivity contribution in [2.45, 2.75) is 13.3 Å². The van der Waals surface area contributed by atoms with Gasteiger partial charge in [0.25, 0.3) is 0 Å². The molecule has 21 heavy (non-hydrogen) atoms. The number of hydrogen-bond donors (Lipinski definition) is 2. The van der Waals surface area contributed by atoms with Crippen LogP contribution in [0, 0.1) is 17.0 Å². The number of nitrogens with zero attached hydrogens (tertiary/aromatic N) is 2. The number of aromatic nitrogens is 1. The largest absolute Gasteiger partial charge is 0.334 e. The van der Waals surface area contributed by atoms with Gasteiger partial charge in [-0.1, -0.05) is 0 Å². The van der Waals surface area contributed by atoms with E-state index >= 15 is 0 Å². The summed E-state index contributed by atoms with van der Waals surface area (Å²) in [4.78, 5) is 26.0. The van der Waals surface area contributed by atoms with Gasteiger partial charge in [-0.15, -0.1) is 0 Å². The number of rotatable bonds is 3. The molecule has 0 radical (unpaired) electrons. The van der Waals surface area contributed by atoms with E-state index < -0.39 is 4.92 Å². The molecule has 0 atom stereocenters. The van der Waals surface area contributed by atoms with Crippen LogP contribution < -0.4 is 10.6 Å². The number of aryl methyl sites for hydroxylation is 1. The van der Waals surface area contributed by atoms with Crippen molar-refractivity contribution in [2.24, 2.45) is 0 Å². The third-order valence-electron chi connectivity index (χ3n) is 3.19. The molecule has 0 unspecified atom stereocenters. The summed E-state index contributed by atoms with van der Waals surface area (Å²) in [5, 5.41) is 16.7. The molecular weight excluding hydrogens is 272 g/mol. The minimum atomic E-state index is -0.471. The Balaban J connectivity index is 1.93. The molecule has 1 aliphatic heterocycles. The van der Waals surface area contributed by atoms with Crippen LogP contribution in [0.2, 0.25) is 0 Å². The monoisotopic (exact) mass is 284 g/mol. The number of nitrogens with one attached hydrogen (secondary N) is 2. The zero-order chi connectivity index (χ0) is 15.0. The zero-order valence-corrected chi connectivity index (χ0v) is 11.2. The molecule has 0 aliphatic carbocycles. The lowest BCUT2D eigenvalue weighted by atomic mass is 10.1. The normalized spacial score (nSPS) is 12.7. The van der Waals surface area contributed by atoms with Gasteiger partial charge in [-0.05, 0) is 36.2 Å². The quantitative estimate of drug-likeness (QED) is 0.666. The zero-order valence-electron chi connectivity index (χ0n) is 11.2. The van der Waals surface area contributed by atoms with Gasteiger partial charge in [0.2, 0.25) is 11.7 Å². The highest BCUT2D eigenvalue weighted by Gasteiger charge is 2.19. The number of benzene rings is 1. The van der Waals surface area contributed by atoms with Crippen LogP contribution in [0.15, 0.2) is 30.5 Å². The molecule has 1 amide bonds. The van der Waals surface area contributed by atoms with Gasteiger partial charge in [-0.2, -0.15) is 0 Å². The SMILES string of the molecule is Cc1cnc(Nc2ccc3c(c2)CC(=O)N3)c([N+](=O)[O-])c1. The molecule has 0 saturated heterocycles. The van der Waals surface area contributed by atoms with Gasteiger partial charge in [0.15, 0.2) is 0 Å². The predicted molar refractivity (Wildman–Crippen MR) is 77.7 cm³/mol. The topological polar surface area (TPSA) is 97.2 Å². The number of pyridine rings is 1. The van der Waals surface area contributed by atoms with E-state index in [9.17, 15) is 14.9 Å². The second-order valence-corrected chi connectivity index (χ2v) is 4.86. The lowest BCUT2D eigenvalue weighted by Gasteiger charge is -2.08. The van der Waals surface area contributed by atoms with Crippen molar-refractivity contribution in [1.29, 1.82) is 0 Å². The maximum Gasteiger partial charge on any atom is 0.311 e. The molecule has 0 saturated carbocycles. The molecule has 0 bridgehead atoms. The number of hydrogen-bond acceptors (Lipinski definition) is 5. The first-order valence-electron chi connectivity index (χ1n) is 6.34. The van der Waals surface area contributed by atoms with Crippen molar-refractivity contribution in [3.05, 3.63) is 51.7 Å². The van der Waals surface area contributed by atoms with Crippen LogP contribution in [0.4, 0.5) is 22.9 Å². The summed E-state index contributed by atoms with van der Waals surface area (Å²) in [5.74, 6) is 0.129. The number of amides is 1. The van der Waals surface area contributed by atoms with Gasteiger partial charge in [-0.25, -0.2) is 4.98 Å². The Morgan fingerprint density at radius 1 is 1.38 bits per heavy atom. The van der Waals surface area contributed by atoms with Gasteiger partial charge < -0.3 is 10.6 Å². The van der Waals surface area contributed by atoms with Gasteiger partial charge in [0.1, 0.15) is 0 Å². The Morgan fingerprint density at radius 3 is 2.95 bits per heavy atom. The highest BCUT2D eigenvalue weighted by atomic mass is 16.6. The number of carbonyl (C=O) groups excluding carboxylic acids is 1. The molecule has 7 nitrogen and oxygen atoms in total. The minimum absolute atomic E-state index is 0.0541. The van der Waals surface area contributed by atoms with Crippen LogP contribution in [-0.4, -0.2) is 15.8 Å². The Bertz CT molecular complexity index is 758. The van der Waals surface area contributed by atoms with E-state index in [1.165, 1.54) is 6.07 Å². The molecule has 0 spiro atoms. The van der Waals surface area contributed by atoms with Crippen LogP contribution in [0.25, 0.3) is 0 Å². The highest BCUT2D eigenvalue weighted by molar-refractivity contribution is 5.99. The Labute approximate surface area is 120 Å². The molecule has 1 aromatic heterocycles. The number of fused-ring (bicyclic) bond motifs is 1. The maximum absolute atomic E-state index is 11.3. The van der Waals surface area contributed by atoms with E-state index in [-0.39, 0.29) is 17.4 Å². The lowest BCUT2D eigenvalue weighted by molar-refractivity contribution is -0.384. The maximum atomic E-state index is 11.3. The number of nitro groups is 1. The third kappa shape index (κ3) is 2.53. The van der Waals surface area contributed by atoms with E-state index in [0.717, 1.165) is 16.8 Å². The standard InChI is InChI=1S/C14H12N4O3/c1-8-4-12(18(20)21)14(15-7-8)16-10-2-3-11-9(5-10)6-13(19)17-11/h2-5,7H,6H2,1H3,(H,15,16)(H,17,19). The second kappa shape index (κ2) is 4.86. The molecule has 2 heterocycles. The molecule has 7 heteroatoms. The summed E-state index contributed by atoms with van der Waals surface area (Å²) in [5.41, 5.74) is 2.93. The van der Waals surface area contributed by atoms with Crippen LogP contribution in [0.1, 0.15) is 11.1 Å².